The first kappa shape index (κ1) is 31.7. The van der Waals surface area contributed by atoms with Gasteiger partial charge in [0.2, 0.25) is 11.8 Å². The molecule has 0 radical (unpaired) electrons. The number of ether oxygens (including phenoxy) is 3. The number of alkyl carbamates (subject to hydrolysis) is 1. The van der Waals surface area contributed by atoms with Gasteiger partial charge in [0.25, 0.3) is 0 Å². The van der Waals surface area contributed by atoms with Crippen LogP contribution in [0.4, 0.5) is 10.5 Å². The van der Waals surface area contributed by atoms with Crippen LogP contribution in [0.2, 0.25) is 0 Å². The third-order valence-electron chi connectivity index (χ3n) is 7.33. The van der Waals surface area contributed by atoms with Gasteiger partial charge in [-0.15, -0.1) is 0 Å². The number of benzene rings is 3. The summed E-state index contributed by atoms with van der Waals surface area (Å²) in [7, 11) is 2.47. The number of amides is 3. The zero-order valence-corrected chi connectivity index (χ0v) is 24.8. The van der Waals surface area contributed by atoms with Crippen LogP contribution in [-0.4, -0.2) is 62.8 Å². The van der Waals surface area contributed by atoms with Crippen molar-refractivity contribution < 1.29 is 38.2 Å². The molecule has 0 aromatic heterocycles. The van der Waals surface area contributed by atoms with E-state index in [-0.39, 0.29) is 37.7 Å². The van der Waals surface area contributed by atoms with Crippen LogP contribution in [0.3, 0.4) is 0 Å². The third-order valence-corrected chi connectivity index (χ3v) is 7.33. The van der Waals surface area contributed by atoms with E-state index in [4.69, 9.17) is 9.47 Å². The molecule has 0 bridgehead atoms. The van der Waals surface area contributed by atoms with Crippen LogP contribution in [0.5, 0.6) is 0 Å². The fourth-order valence-corrected chi connectivity index (χ4v) is 5.02. The third kappa shape index (κ3) is 8.00. The van der Waals surface area contributed by atoms with Crippen LogP contribution in [-0.2, 0) is 39.8 Å². The highest BCUT2D eigenvalue weighted by Gasteiger charge is 2.30. The van der Waals surface area contributed by atoms with Crippen LogP contribution in [0.15, 0.2) is 72.8 Å². The molecule has 11 nitrogen and oxygen atoms in total. The second kappa shape index (κ2) is 14.8. The van der Waals surface area contributed by atoms with Crippen molar-refractivity contribution in [2.45, 2.75) is 44.2 Å². The minimum absolute atomic E-state index is 0.0207. The molecule has 3 aromatic rings. The molecule has 3 amide bonds. The molecular formula is C33H35N3O8. The standard InChI is InChI=1S/C33H35N3O8/c1-20(34-33(41)44-19-27-25-10-6-4-8-23(25)24-9-5-7-11-26(24)27)31(39)36-28(32(40)43-3)18-21-12-14-22(15-13-21)35-29(37)16-17-30(38)42-2/h4-15,20,27-28H,16-19H2,1-3H3,(H,34,41)(H,35,37)(H,36,39)/t20?,28-/m0/s1. The van der Waals surface area contributed by atoms with Gasteiger partial charge in [-0.1, -0.05) is 60.7 Å². The van der Waals surface area contributed by atoms with Gasteiger partial charge in [-0.25, -0.2) is 9.59 Å². The molecule has 0 heterocycles. The molecule has 0 spiro atoms. The maximum absolute atomic E-state index is 12.9. The summed E-state index contributed by atoms with van der Waals surface area (Å²) in [5.41, 5.74) is 5.54. The molecule has 0 aliphatic heterocycles. The monoisotopic (exact) mass is 601 g/mol. The van der Waals surface area contributed by atoms with E-state index in [0.29, 0.717) is 11.3 Å². The maximum atomic E-state index is 12.9. The number of anilines is 1. The zero-order chi connectivity index (χ0) is 31.6. The first-order valence-corrected chi connectivity index (χ1v) is 14.2. The van der Waals surface area contributed by atoms with Crippen LogP contribution >= 0.6 is 0 Å². The number of hydrogen-bond acceptors (Lipinski definition) is 8. The van der Waals surface area contributed by atoms with Crippen molar-refractivity contribution >= 4 is 35.5 Å². The largest absolute Gasteiger partial charge is 0.469 e. The number of nitrogens with one attached hydrogen (secondary N) is 3. The van der Waals surface area contributed by atoms with Crippen molar-refractivity contribution in [2.75, 3.05) is 26.1 Å². The van der Waals surface area contributed by atoms with Gasteiger partial charge >= 0.3 is 18.0 Å². The number of fused-ring (bicyclic) bond motifs is 3. The summed E-state index contributed by atoms with van der Waals surface area (Å²) in [5.74, 6) is -2.20. The molecule has 230 valence electrons. The van der Waals surface area contributed by atoms with Crippen LogP contribution < -0.4 is 16.0 Å². The summed E-state index contributed by atoms with van der Waals surface area (Å²) >= 11 is 0. The molecule has 4 rings (SSSR count). The number of esters is 2. The van der Waals surface area contributed by atoms with E-state index in [0.717, 1.165) is 22.3 Å². The van der Waals surface area contributed by atoms with E-state index in [1.807, 2.05) is 48.5 Å². The number of hydrogen-bond donors (Lipinski definition) is 3. The van der Waals surface area contributed by atoms with Crippen molar-refractivity contribution in [1.82, 2.24) is 10.6 Å². The molecule has 3 aromatic carbocycles. The highest BCUT2D eigenvalue weighted by atomic mass is 16.5. The van der Waals surface area contributed by atoms with Gasteiger partial charge in [0.1, 0.15) is 18.7 Å². The Balaban J connectivity index is 1.29. The van der Waals surface area contributed by atoms with Gasteiger partial charge < -0.3 is 30.2 Å². The van der Waals surface area contributed by atoms with Gasteiger partial charge in [-0.2, -0.15) is 0 Å². The lowest BCUT2D eigenvalue weighted by Crippen LogP contribution is -2.51. The number of carbonyl (C=O) groups is 5. The topological polar surface area (TPSA) is 149 Å². The Bertz CT molecular complexity index is 1480. The van der Waals surface area contributed by atoms with E-state index in [1.165, 1.54) is 21.1 Å². The van der Waals surface area contributed by atoms with Crippen molar-refractivity contribution in [3.05, 3.63) is 89.5 Å². The Hall–Kier alpha value is -5.19. The summed E-state index contributed by atoms with van der Waals surface area (Å²) in [6, 6.07) is 20.6. The quantitative estimate of drug-likeness (QED) is 0.210. The first-order chi connectivity index (χ1) is 21.2. The van der Waals surface area contributed by atoms with Crippen molar-refractivity contribution in [1.29, 1.82) is 0 Å². The second-order valence-corrected chi connectivity index (χ2v) is 10.3. The molecule has 11 heteroatoms. The van der Waals surface area contributed by atoms with E-state index in [9.17, 15) is 24.0 Å². The normalized spacial score (nSPS) is 13.0. The van der Waals surface area contributed by atoms with Gasteiger partial charge in [0.05, 0.1) is 20.6 Å². The van der Waals surface area contributed by atoms with Gasteiger partial charge in [0.15, 0.2) is 0 Å². The van der Waals surface area contributed by atoms with Crippen LogP contribution in [0, 0.1) is 0 Å². The fourth-order valence-electron chi connectivity index (χ4n) is 5.02. The minimum atomic E-state index is -1.03. The molecule has 3 N–H and O–H groups in total. The molecule has 1 aliphatic rings. The summed E-state index contributed by atoms with van der Waals surface area (Å²) in [5, 5.41) is 7.84. The average Bonchev–Trinajstić information content (AvgIpc) is 3.36. The summed E-state index contributed by atoms with van der Waals surface area (Å²) in [6.07, 6.45) is -0.705. The summed E-state index contributed by atoms with van der Waals surface area (Å²) in [4.78, 5) is 61.3. The predicted molar refractivity (Wildman–Crippen MR) is 162 cm³/mol. The van der Waals surface area contributed by atoms with Gasteiger partial charge in [-0.3, -0.25) is 14.4 Å². The highest BCUT2D eigenvalue weighted by Crippen LogP contribution is 2.44. The molecule has 2 atom stereocenters. The molecule has 0 saturated carbocycles. The molecule has 1 unspecified atom stereocenters. The summed E-state index contributed by atoms with van der Waals surface area (Å²) < 4.78 is 14.9. The summed E-state index contributed by atoms with van der Waals surface area (Å²) in [6.45, 7) is 1.59. The Kier molecular flexibility index (Phi) is 10.7. The SMILES string of the molecule is COC(=O)CCC(=O)Nc1ccc(C[C@H](NC(=O)C(C)NC(=O)OCC2c3ccccc3-c3ccccc32)C(=O)OC)cc1. The predicted octanol–water partition coefficient (Wildman–Crippen LogP) is 3.71. The van der Waals surface area contributed by atoms with Crippen molar-refractivity contribution in [3.63, 3.8) is 0 Å². The van der Waals surface area contributed by atoms with Crippen LogP contribution in [0.1, 0.15) is 42.4 Å². The number of carbonyl (C=O) groups excluding carboxylic acids is 5. The maximum Gasteiger partial charge on any atom is 0.407 e. The number of methoxy groups -OCH3 is 2. The second-order valence-electron chi connectivity index (χ2n) is 10.3. The Morgan fingerprint density at radius 3 is 1.98 bits per heavy atom. The minimum Gasteiger partial charge on any atom is -0.469 e. The molecule has 44 heavy (non-hydrogen) atoms. The molecule has 1 aliphatic carbocycles. The smallest absolute Gasteiger partial charge is 0.407 e. The fraction of sp³-hybridized carbons (Fsp3) is 0.303. The van der Waals surface area contributed by atoms with Crippen molar-refractivity contribution in [3.8, 4) is 11.1 Å². The molecule has 0 fully saturated rings. The molecule has 0 saturated heterocycles. The van der Waals surface area contributed by atoms with Crippen LogP contribution in [0.25, 0.3) is 11.1 Å². The van der Waals surface area contributed by atoms with Gasteiger partial charge in [-0.05, 0) is 46.9 Å². The van der Waals surface area contributed by atoms with Gasteiger partial charge in [0, 0.05) is 24.4 Å². The average molecular weight is 602 g/mol. The van der Waals surface area contributed by atoms with E-state index in [2.05, 4.69) is 20.7 Å². The molecular weight excluding hydrogens is 566 g/mol. The Morgan fingerprint density at radius 1 is 0.773 bits per heavy atom. The highest BCUT2D eigenvalue weighted by molar-refractivity contribution is 5.92. The number of rotatable bonds is 12. The lowest BCUT2D eigenvalue weighted by atomic mass is 9.98. The Morgan fingerprint density at radius 2 is 1.39 bits per heavy atom. The Labute approximate surface area is 255 Å². The lowest BCUT2D eigenvalue weighted by molar-refractivity contribution is -0.145. The van der Waals surface area contributed by atoms with Crippen molar-refractivity contribution in [2.24, 2.45) is 0 Å². The zero-order valence-electron chi connectivity index (χ0n) is 24.8. The van der Waals surface area contributed by atoms with E-state index < -0.39 is 36.0 Å². The van der Waals surface area contributed by atoms with E-state index >= 15 is 0 Å². The van der Waals surface area contributed by atoms with E-state index in [1.54, 1.807) is 24.3 Å². The lowest BCUT2D eigenvalue weighted by Gasteiger charge is -2.20. The first-order valence-electron chi connectivity index (χ1n) is 14.2.